The number of hydrogen-bond donors (Lipinski definition) is 2. The zero-order valence-corrected chi connectivity index (χ0v) is 15.7. The van der Waals surface area contributed by atoms with Gasteiger partial charge in [0.2, 0.25) is 0 Å². The molecule has 0 bridgehead atoms. The van der Waals surface area contributed by atoms with E-state index in [0.29, 0.717) is 18.2 Å². The van der Waals surface area contributed by atoms with Crippen LogP contribution in [-0.2, 0) is 11.3 Å². The van der Waals surface area contributed by atoms with E-state index in [4.69, 9.17) is 21.7 Å². The summed E-state index contributed by atoms with van der Waals surface area (Å²) in [5.74, 6) is 0.971. The van der Waals surface area contributed by atoms with Crippen LogP contribution in [0, 0.1) is 0 Å². The zero-order valence-electron chi connectivity index (χ0n) is 14.9. The van der Waals surface area contributed by atoms with Gasteiger partial charge in [-0.25, -0.2) is 0 Å². The summed E-state index contributed by atoms with van der Waals surface area (Å²) in [5, 5.41) is 14.1. The molecule has 0 aromatic heterocycles. The van der Waals surface area contributed by atoms with Crippen molar-refractivity contribution >= 4 is 23.0 Å². The molecule has 5 nitrogen and oxygen atoms in total. The van der Waals surface area contributed by atoms with Crippen molar-refractivity contribution in [1.82, 2.24) is 5.32 Å². The fraction of sp³-hybridized carbons (Fsp3) is 0.350. The van der Waals surface area contributed by atoms with Crippen molar-refractivity contribution in [3.05, 3.63) is 54.1 Å². The standard InChI is InChI=1S/C20H24N2O3S/c1-24-19-11-5-3-9-17(19)22(14-15-7-2-4-10-18(15)23)20(26)21-13-16-8-6-12-25-16/h2-5,7,9-11,16,23H,6,8,12-14H2,1H3,(H,21,26)/t16-/m1/s1. The monoisotopic (exact) mass is 372 g/mol. The normalized spacial score (nSPS) is 16.3. The Morgan fingerprint density at radius 2 is 2.04 bits per heavy atom. The fourth-order valence-corrected chi connectivity index (χ4v) is 3.28. The van der Waals surface area contributed by atoms with Gasteiger partial charge in [0.05, 0.1) is 25.4 Å². The summed E-state index contributed by atoms with van der Waals surface area (Å²) >= 11 is 5.66. The number of thiocarbonyl (C=S) groups is 1. The van der Waals surface area contributed by atoms with E-state index in [-0.39, 0.29) is 11.9 Å². The second-order valence-electron chi connectivity index (χ2n) is 6.21. The highest BCUT2D eigenvalue weighted by atomic mass is 32.1. The second kappa shape index (κ2) is 8.87. The third kappa shape index (κ3) is 4.45. The maximum absolute atomic E-state index is 10.2. The van der Waals surface area contributed by atoms with Gasteiger partial charge in [-0.15, -0.1) is 0 Å². The number of phenolic OH excluding ortho intramolecular Hbond substituents is 1. The third-order valence-corrected chi connectivity index (χ3v) is 4.81. The molecular formula is C20H24N2O3S. The lowest BCUT2D eigenvalue weighted by molar-refractivity contribution is 0.114. The average molecular weight is 372 g/mol. The maximum atomic E-state index is 10.2. The highest BCUT2D eigenvalue weighted by Crippen LogP contribution is 2.30. The van der Waals surface area contributed by atoms with Gasteiger partial charge in [-0.2, -0.15) is 0 Å². The minimum Gasteiger partial charge on any atom is -0.508 e. The number of nitrogens with zero attached hydrogens (tertiary/aromatic N) is 1. The van der Waals surface area contributed by atoms with Crippen LogP contribution < -0.4 is 15.0 Å². The molecule has 1 saturated heterocycles. The fourth-order valence-electron chi connectivity index (χ4n) is 3.04. The predicted octanol–water partition coefficient (Wildman–Crippen LogP) is 3.46. The number of anilines is 1. The van der Waals surface area contributed by atoms with Gasteiger partial charge in [-0.3, -0.25) is 0 Å². The van der Waals surface area contributed by atoms with Crippen molar-refractivity contribution in [3.63, 3.8) is 0 Å². The number of methoxy groups -OCH3 is 1. The first kappa shape index (κ1) is 18.5. The molecule has 0 aliphatic carbocycles. The topological polar surface area (TPSA) is 54.0 Å². The second-order valence-corrected chi connectivity index (χ2v) is 6.59. The molecule has 2 aromatic rings. The van der Waals surface area contributed by atoms with Gasteiger partial charge < -0.3 is 24.8 Å². The van der Waals surface area contributed by atoms with Gasteiger partial charge in [0.15, 0.2) is 5.11 Å². The Hall–Kier alpha value is -2.31. The van der Waals surface area contributed by atoms with Crippen LogP contribution in [0.15, 0.2) is 48.5 Å². The molecule has 1 aliphatic rings. The van der Waals surface area contributed by atoms with Crippen LogP contribution in [0.5, 0.6) is 11.5 Å². The highest BCUT2D eigenvalue weighted by Gasteiger charge is 2.20. The molecule has 2 N–H and O–H groups in total. The molecule has 1 heterocycles. The number of rotatable bonds is 6. The van der Waals surface area contributed by atoms with E-state index in [0.717, 1.165) is 36.4 Å². The van der Waals surface area contributed by atoms with Crippen LogP contribution in [0.2, 0.25) is 0 Å². The minimum atomic E-state index is 0.192. The molecule has 6 heteroatoms. The summed E-state index contributed by atoms with van der Waals surface area (Å²) in [5.41, 5.74) is 1.64. The van der Waals surface area contributed by atoms with Gasteiger partial charge >= 0.3 is 0 Å². The van der Waals surface area contributed by atoms with Crippen molar-refractivity contribution in [2.75, 3.05) is 25.2 Å². The average Bonchev–Trinajstić information content (AvgIpc) is 3.19. The predicted molar refractivity (Wildman–Crippen MR) is 107 cm³/mol. The lowest BCUT2D eigenvalue weighted by Gasteiger charge is -2.28. The molecule has 138 valence electrons. The van der Waals surface area contributed by atoms with Crippen LogP contribution in [0.25, 0.3) is 0 Å². The molecule has 1 fully saturated rings. The quantitative estimate of drug-likeness (QED) is 0.758. The van der Waals surface area contributed by atoms with Crippen LogP contribution >= 0.6 is 12.2 Å². The molecule has 1 atom stereocenters. The molecule has 0 saturated carbocycles. The van der Waals surface area contributed by atoms with Crippen molar-refractivity contribution in [3.8, 4) is 11.5 Å². The molecule has 0 amide bonds. The lowest BCUT2D eigenvalue weighted by atomic mass is 10.1. The SMILES string of the molecule is COc1ccccc1N(Cc1ccccc1O)C(=S)NC[C@H]1CCCO1. The number of para-hydroxylation sites is 3. The number of benzene rings is 2. The van der Waals surface area contributed by atoms with Crippen molar-refractivity contribution in [2.24, 2.45) is 0 Å². The number of ether oxygens (including phenoxy) is 2. The molecule has 0 unspecified atom stereocenters. The van der Waals surface area contributed by atoms with E-state index in [1.807, 2.05) is 41.3 Å². The zero-order chi connectivity index (χ0) is 18.4. The number of phenols is 1. The van der Waals surface area contributed by atoms with Crippen molar-refractivity contribution < 1.29 is 14.6 Å². The van der Waals surface area contributed by atoms with E-state index in [1.54, 1.807) is 19.2 Å². The van der Waals surface area contributed by atoms with Gasteiger partial charge in [0, 0.05) is 18.7 Å². The summed E-state index contributed by atoms with van der Waals surface area (Å²) in [7, 11) is 1.64. The Morgan fingerprint density at radius 3 is 2.77 bits per heavy atom. The Morgan fingerprint density at radius 1 is 1.27 bits per heavy atom. The van der Waals surface area contributed by atoms with Crippen molar-refractivity contribution in [2.45, 2.75) is 25.5 Å². The van der Waals surface area contributed by atoms with Gasteiger partial charge in [-0.1, -0.05) is 30.3 Å². The van der Waals surface area contributed by atoms with Gasteiger partial charge in [0.1, 0.15) is 11.5 Å². The number of hydrogen-bond acceptors (Lipinski definition) is 4. The van der Waals surface area contributed by atoms with Crippen molar-refractivity contribution in [1.29, 1.82) is 0 Å². The van der Waals surface area contributed by atoms with Gasteiger partial charge in [0.25, 0.3) is 0 Å². The first-order valence-electron chi connectivity index (χ1n) is 8.76. The van der Waals surface area contributed by atoms with E-state index in [2.05, 4.69) is 5.32 Å². The summed E-state index contributed by atoms with van der Waals surface area (Å²) in [6, 6.07) is 15.0. The highest BCUT2D eigenvalue weighted by molar-refractivity contribution is 7.80. The Labute approximate surface area is 159 Å². The van der Waals surface area contributed by atoms with Crippen LogP contribution in [-0.4, -0.2) is 36.6 Å². The Kier molecular flexibility index (Phi) is 6.30. The lowest BCUT2D eigenvalue weighted by Crippen LogP contribution is -2.42. The molecule has 3 rings (SSSR count). The van der Waals surface area contributed by atoms with E-state index >= 15 is 0 Å². The maximum Gasteiger partial charge on any atom is 0.173 e. The number of nitrogens with one attached hydrogen (secondary N) is 1. The number of aromatic hydroxyl groups is 1. The molecule has 26 heavy (non-hydrogen) atoms. The van der Waals surface area contributed by atoms with E-state index < -0.39 is 0 Å². The Bertz CT molecular complexity index is 747. The summed E-state index contributed by atoms with van der Waals surface area (Å²) in [6.07, 6.45) is 2.33. The molecular weight excluding hydrogens is 348 g/mol. The largest absolute Gasteiger partial charge is 0.508 e. The summed E-state index contributed by atoms with van der Waals surface area (Å²) < 4.78 is 11.2. The summed E-state index contributed by atoms with van der Waals surface area (Å²) in [4.78, 5) is 1.94. The summed E-state index contributed by atoms with van der Waals surface area (Å²) in [6.45, 7) is 1.92. The first-order valence-corrected chi connectivity index (χ1v) is 9.16. The van der Waals surface area contributed by atoms with Crippen LogP contribution in [0.3, 0.4) is 0 Å². The first-order chi connectivity index (χ1) is 12.7. The minimum absolute atomic E-state index is 0.192. The van der Waals surface area contributed by atoms with Gasteiger partial charge in [-0.05, 0) is 43.3 Å². The van der Waals surface area contributed by atoms with E-state index in [9.17, 15) is 5.11 Å². The van der Waals surface area contributed by atoms with Crippen LogP contribution in [0.4, 0.5) is 5.69 Å². The Balaban J connectivity index is 1.82. The molecule has 0 radical (unpaired) electrons. The smallest absolute Gasteiger partial charge is 0.173 e. The van der Waals surface area contributed by atoms with Crippen LogP contribution in [0.1, 0.15) is 18.4 Å². The third-order valence-electron chi connectivity index (χ3n) is 4.45. The molecule has 2 aromatic carbocycles. The molecule has 1 aliphatic heterocycles. The van der Waals surface area contributed by atoms with E-state index in [1.165, 1.54) is 0 Å². The molecule has 0 spiro atoms.